The van der Waals surface area contributed by atoms with Crippen LogP contribution >= 0.6 is 27.7 Å². The number of halogens is 1. The molecule has 1 nitrogen and oxygen atoms in total. The Bertz CT molecular complexity index is 110. The van der Waals surface area contributed by atoms with E-state index in [2.05, 4.69) is 27.7 Å². The second-order valence-corrected chi connectivity index (χ2v) is 5.20. The van der Waals surface area contributed by atoms with Gasteiger partial charge in [0.05, 0.1) is 0 Å². The summed E-state index contributed by atoms with van der Waals surface area (Å²) < 4.78 is 5.01. The number of hydrogen-bond donors (Lipinski definition) is 0. The number of rotatable bonds is 4. The molecule has 0 amide bonds. The van der Waals surface area contributed by atoms with Crippen molar-refractivity contribution in [1.29, 1.82) is 0 Å². The van der Waals surface area contributed by atoms with E-state index in [4.69, 9.17) is 4.74 Å². The summed E-state index contributed by atoms with van der Waals surface area (Å²) in [6.45, 7) is 0.918. The van der Waals surface area contributed by atoms with Crippen molar-refractivity contribution in [2.75, 3.05) is 25.2 Å². The largest absolute Gasteiger partial charge is 0.385 e. The van der Waals surface area contributed by atoms with Gasteiger partial charge < -0.3 is 4.74 Å². The van der Waals surface area contributed by atoms with Gasteiger partial charge in [-0.1, -0.05) is 15.9 Å². The van der Waals surface area contributed by atoms with E-state index in [1.54, 1.807) is 7.11 Å². The lowest BCUT2D eigenvalue weighted by molar-refractivity contribution is 0.188. The Kier molecular flexibility index (Phi) is 4.88. The first-order valence-electron chi connectivity index (χ1n) is 4.05. The molecule has 1 saturated heterocycles. The van der Waals surface area contributed by atoms with Gasteiger partial charge in [-0.25, -0.2) is 0 Å². The summed E-state index contributed by atoms with van der Waals surface area (Å²) in [5, 5.41) is 0. The third-order valence-corrected chi connectivity index (χ3v) is 4.80. The van der Waals surface area contributed by atoms with Crippen LogP contribution in [0.15, 0.2) is 0 Å². The highest BCUT2D eigenvalue weighted by molar-refractivity contribution is 9.09. The molecule has 2 unspecified atom stereocenters. The van der Waals surface area contributed by atoms with E-state index in [0.717, 1.165) is 17.4 Å². The van der Waals surface area contributed by atoms with Crippen LogP contribution in [0.2, 0.25) is 0 Å². The molecule has 3 heteroatoms. The first kappa shape index (κ1) is 9.87. The van der Waals surface area contributed by atoms with E-state index in [1.807, 2.05) is 0 Å². The number of hydrogen-bond acceptors (Lipinski definition) is 2. The molecule has 0 aromatic rings. The molecule has 66 valence electrons. The third-order valence-electron chi connectivity index (χ3n) is 2.04. The molecule has 11 heavy (non-hydrogen) atoms. The molecule has 1 rings (SSSR count). The van der Waals surface area contributed by atoms with Crippen molar-refractivity contribution in [2.45, 2.75) is 17.7 Å². The van der Waals surface area contributed by atoms with Gasteiger partial charge in [-0.2, -0.15) is 11.8 Å². The third kappa shape index (κ3) is 3.34. The first-order valence-corrected chi connectivity index (χ1v) is 6.12. The van der Waals surface area contributed by atoms with Crippen LogP contribution in [0.1, 0.15) is 12.8 Å². The molecular formula is C8H15BrOS. The molecule has 1 aliphatic rings. The minimum Gasteiger partial charge on any atom is -0.385 e. The molecule has 0 spiro atoms. The molecule has 1 fully saturated rings. The Morgan fingerprint density at radius 1 is 1.55 bits per heavy atom. The van der Waals surface area contributed by atoms with Crippen LogP contribution in [0.25, 0.3) is 0 Å². The summed E-state index contributed by atoms with van der Waals surface area (Å²) in [4.78, 5) is 0.754. The molecule has 0 radical (unpaired) electrons. The quantitative estimate of drug-likeness (QED) is 0.550. The van der Waals surface area contributed by atoms with E-state index in [9.17, 15) is 0 Å². The summed E-state index contributed by atoms with van der Waals surface area (Å²) in [5.74, 6) is 3.51. The fourth-order valence-corrected chi connectivity index (χ4v) is 3.92. The maximum atomic E-state index is 5.01. The Balaban J connectivity index is 2.05. The molecule has 0 N–H and O–H groups in total. The lowest BCUT2D eigenvalue weighted by atomic mass is 10.0. The van der Waals surface area contributed by atoms with Crippen LogP contribution in [-0.4, -0.2) is 30.0 Å². The van der Waals surface area contributed by atoms with E-state index < -0.39 is 0 Å². The van der Waals surface area contributed by atoms with Crippen molar-refractivity contribution in [3.63, 3.8) is 0 Å². The molecule has 0 aromatic carbocycles. The van der Waals surface area contributed by atoms with Crippen molar-refractivity contribution in [1.82, 2.24) is 0 Å². The lowest BCUT2D eigenvalue weighted by Crippen LogP contribution is -2.11. The second-order valence-electron chi connectivity index (χ2n) is 2.95. The SMILES string of the molecule is COCCCC1CSCC1Br. The number of thioether (sulfide) groups is 1. The van der Waals surface area contributed by atoms with Crippen LogP contribution in [0, 0.1) is 5.92 Å². The predicted molar refractivity (Wildman–Crippen MR) is 54.6 cm³/mol. The van der Waals surface area contributed by atoms with Crippen molar-refractivity contribution in [3.8, 4) is 0 Å². The zero-order chi connectivity index (χ0) is 8.10. The average Bonchev–Trinajstić information content (AvgIpc) is 2.37. The Morgan fingerprint density at radius 2 is 2.36 bits per heavy atom. The van der Waals surface area contributed by atoms with Crippen molar-refractivity contribution in [3.05, 3.63) is 0 Å². The summed E-state index contributed by atoms with van der Waals surface area (Å²) in [6.07, 6.45) is 2.53. The van der Waals surface area contributed by atoms with Crippen LogP contribution in [0.4, 0.5) is 0 Å². The van der Waals surface area contributed by atoms with Gasteiger partial charge >= 0.3 is 0 Å². The van der Waals surface area contributed by atoms with Crippen LogP contribution in [0.5, 0.6) is 0 Å². The first-order chi connectivity index (χ1) is 5.34. The van der Waals surface area contributed by atoms with Crippen molar-refractivity contribution >= 4 is 27.7 Å². The van der Waals surface area contributed by atoms with Gasteiger partial charge in [-0.15, -0.1) is 0 Å². The minimum absolute atomic E-state index is 0.754. The fraction of sp³-hybridized carbons (Fsp3) is 1.00. The summed E-state index contributed by atoms with van der Waals surface area (Å²) in [7, 11) is 1.77. The molecule has 0 bridgehead atoms. The van der Waals surface area contributed by atoms with Gasteiger partial charge in [0.1, 0.15) is 0 Å². The highest BCUT2D eigenvalue weighted by atomic mass is 79.9. The topological polar surface area (TPSA) is 9.23 Å². The average molecular weight is 239 g/mol. The summed E-state index contributed by atoms with van der Waals surface area (Å²) in [6, 6.07) is 0. The number of ether oxygens (including phenoxy) is 1. The normalized spacial score (nSPS) is 31.1. The Hall–Kier alpha value is 0.790. The van der Waals surface area contributed by atoms with E-state index in [-0.39, 0.29) is 0 Å². The van der Waals surface area contributed by atoms with Crippen molar-refractivity contribution in [2.24, 2.45) is 5.92 Å². The number of methoxy groups -OCH3 is 1. The molecule has 0 saturated carbocycles. The molecule has 1 heterocycles. The highest BCUT2D eigenvalue weighted by Gasteiger charge is 2.24. The number of alkyl halides is 1. The van der Waals surface area contributed by atoms with Crippen LogP contribution < -0.4 is 0 Å². The molecule has 1 aliphatic heterocycles. The molecular weight excluding hydrogens is 224 g/mol. The standard InChI is InChI=1S/C8H15BrOS/c1-10-4-2-3-7-5-11-6-8(7)9/h7-8H,2-6H2,1H3. The van der Waals surface area contributed by atoms with Crippen molar-refractivity contribution < 1.29 is 4.74 Å². The van der Waals surface area contributed by atoms with E-state index in [0.29, 0.717) is 0 Å². The molecule has 2 atom stereocenters. The van der Waals surface area contributed by atoms with Gasteiger partial charge in [0, 0.05) is 24.3 Å². The Morgan fingerprint density at radius 3 is 2.91 bits per heavy atom. The van der Waals surface area contributed by atoms with Crippen LogP contribution in [-0.2, 0) is 4.74 Å². The monoisotopic (exact) mass is 238 g/mol. The maximum Gasteiger partial charge on any atom is 0.0462 e. The lowest BCUT2D eigenvalue weighted by Gasteiger charge is -2.11. The molecule has 0 aromatic heterocycles. The van der Waals surface area contributed by atoms with Gasteiger partial charge in [0.25, 0.3) is 0 Å². The van der Waals surface area contributed by atoms with Gasteiger partial charge in [0.2, 0.25) is 0 Å². The van der Waals surface area contributed by atoms with Gasteiger partial charge in [-0.05, 0) is 24.5 Å². The highest BCUT2D eigenvalue weighted by Crippen LogP contribution is 2.32. The maximum absolute atomic E-state index is 5.01. The van der Waals surface area contributed by atoms with E-state index in [1.165, 1.54) is 24.3 Å². The zero-order valence-corrected chi connectivity index (χ0v) is 9.29. The minimum atomic E-state index is 0.754. The van der Waals surface area contributed by atoms with E-state index >= 15 is 0 Å². The van der Waals surface area contributed by atoms with Gasteiger partial charge in [-0.3, -0.25) is 0 Å². The smallest absolute Gasteiger partial charge is 0.0462 e. The fourth-order valence-electron chi connectivity index (χ4n) is 1.33. The van der Waals surface area contributed by atoms with Crippen LogP contribution in [0.3, 0.4) is 0 Å². The predicted octanol–water partition coefficient (Wildman–Crippen LogP) is 2.54. The molecule has 0 aliphatic carbocycles. The summed E-state index contributed by atoms with van der Waals surface area (Å²) >= 11 is 5.76. The Labute approximate surface area is 81.4 Å². The summed E-state index contributed by atoms with van der Waals surface area (Å²) in [5.41, 5.74) is 0. The van der Waals surface area contributed by atoms with Gasteiger partial charge in [0.15, 0.2) is 0 Å². The zero-order valence-electron chi connectivity index (χ0n) is 6.88. The second kappa shape index (κ2) is 5.44.